The highest BCUT2D eigenvalue weighted by molar-refractivity contribution is 7.89. The molecule has 1 amide bonds. The van der Waals surface area contributed by atoms with Crippen molar-refractivity contribution < 1.29 is 13.2 Å². The number of nitrogens with one attached hydrogen (secondary N) is 1. The van der Waals surface area contributed by atoms with Crippen LogP contribution in [0.15, 0.2) is 58.5 Å². The van der Waals surface area contributed by atoms with E-state index in [-0.39, 0.29) is 22.4 Å². The third-order valence-corrected chi connectivity index (χ3v) is 7.66. The van der Waals surface area contributed by atoms with Gasteiger partial charge in [-0.25, -0.2) is 8.42 Å². The molecule has 1 aliphatic heterocycles. The lowest BCUT2D eigenvalue weighted by molar-refractivity contribution is 0.0949. The number of rotatable bonds is 5. The second-order valence-corrected chi connectivity index (χ2v) is 9.92. The Labute approximate surface area is 186 Å². The number of hydrogen-bond acceptors (Lipinski definition) is 5. The number of hydrogen-bond donors (Lipinski definition) is 1. The van der Waals surface area contributed by atoms with E-state index in [0.29, 0.717) is 24.3 Å². The molecule has 168 valence electrons. The van der Waals surface area contributed by atoms with Gasteiger partial charge in [0.25, 0.3) is 5.91 Å². The lowest BCUT2D eigenvalue weighted by atomic mass is 10.1. The maximum absolute atomic E-state index is 13.2. The Balaban J connectivity index is 1.68. The van der Waals surface area contributed by atoms with E-state index in [9.17, 15) is 18.0 Å². The molecule has 1 N–H and O–H groups in total. The Morgan fingerprint density at radius 1 is 1.09 bits per heavy atom. The molecule has 0 spiro atoms. The highest BCUT2D eigenvalue weighted by Gasteiger charge is 2.26. The molecule has 9 heteroatoms. The van der Waals surface area contributed by atoms with E-state index < -0.39 is 21.4 Å². The summed E-state index contributed by atoms with van der Waals surface area (Å²) in [6, 6.07) is 9.92. The van der Waals surface area contributed by atoms with E-state index in [1.807, 2.05) is 6.07 Å². The summed E-state index contributed by atoms with van der Waals surface area (Å²) in [6.45, 7) is 1.15. The summed E-state index contributed by atoms with van der Waals surface area (Å²) in [6.07, 6.45) is 6.79. The van der Waals surface area contributed by atoms with Crippen molar-refractivity contribution in [2.45, 2.75) is 37.1 Å². The summed E-state index contributed by atoms with van der Waals surface area (Å²) >= 11 is 0. The average Bonchev–Trinajstić information content (AvgIpc) is 3.10. The van der Waals surface area contributed by atoms with Crippen molar-refractivity contribution in [3.63, 3.8) is 0 Å². The minimum Gasteiger partial charge on any atom is -0.350 e. The number of nitrogens with zero attached hydrogens (tertiary/aromatic N) is 3. The molecule has 0 atom stereocenters. The Kier molecular flexibility index (Phi) is 6.38. The molecule has 32 heavy (non-hydrogen) atoms. The first-order valence-corrected chi connectivity index (χ1v) is 12.1. The number of carbonyl (C=O) groups is 1. The summed E-state index contributed by atoms with van der Waals surface area (Å²) in [7, 11) is -1.99. The molecule has 0 unspecified atom stereocenters. The molecule has 3 aromatic rings. The number of benzene rings is 1. The van der Waals surface area contributed by atoms with Crippen LogP contribution in [-0.4, -0.2) is 41.3 Å². The monoisotopic (exact) mass is 454 g/mol. The van der Waals surface area contributed by atoms with Gasteiger partial charge in [0.1, 0.15) is 5.56 Å². The van der Waals surface area contributed by atoms with E-state index in [1.54, 1.807) is 36.0 Å². The smallest absolute Gasteiger partial charge is 0.257 e. The van der Waals surface area contributed by atoms with E-state index in [1.165, 1.54) is 22.6 Å². The van der Waals surface area contributed by atoms with E-state index in [0.717, 1.165) is 25.7 Å². The average molecular weight is 455 g/mol. The van der Waals surface area contributed by atoms with Crippen LogP contribution >= 0.6 is 0 Å². The molecule has 0 aliphatic carbocycles. The first-order valence-electron chi connectivity index (χ1n) is 10.7. The molecule has 0 bridgehead atoms. The SMILES string of the molecule is Cn1cc(C(=O)NCc2ccccn2)c(=O)c2cc(S(=O)(=O)N3CCCCCC3)ccc21. The van der Waals surface area contributed by atoms with Crippen LogP contribution in [0.1, 0.15) is 41.7 Å². The van der Waals surface area contributed by atoms with Crippen LogP contribution in [0.5, 0.6) is 0 Å². The van der Waals surface area contributed by atoms with Gasteiger partial charge in [0.15, 0.2) is 0 Å². The number of pyridine rings is 2. The molecular formula is C23H26N4O4S. The van der Waals surface area contributed by atoms with Crippen molar-refractivity contribution in [1.82, 2.24) is 19.2 Å². The Hall–Kier alpha value is -3.04. The largest absolute Gasteiger partial charge is 0.350 e. The Morgan fingerprint density at radius 3 is 2.53 bits per heavy atom. The molecule has 1 aliphatic rings. The number of aromatic nitrogens is 2. The van der Waals surface area contributed by atoms with Gasteiger partial charge in [0, 0.05) is 37.9 Å². The van der Waals surface area contributed by atoms with Crippen LogP contribution in [0.3, 0.4) is 0 Å². The molecule has 1 fully saturated rings. The predicted octanol–water partition coefficient (Wildman–Crippen LogP) is 2.43. The van der Waals surface area contributed by atoms with Crippen molar-refractivity contribution in [3.05, 3.63) is 70.3 Å². The van der Waals surface area contributed by atoms with Crippen molar-refractivity contribution in [2.75, 3.05) is 13.1 Å². The third kappa shape index (κ3) is 4.44. The number of sulfonamides is 1. The molecule has 1 saturated heterocycles. The normalized spacial score (nSPS) is 15.4. The Morgan fingerprint density at radius 2 is 1.84 bits per heavy atom. The molecule has 0 saturated carbocycles. The van der Waals surface area contributed by atoms with Crippen LogP contribution in [0.2, 0.25) is 0 Å². The summed E-state index contributed by atoms with van der Waals surface area (Å²) in [5.74, 6) is -0.529. The van der Waals surface area contributed by atoms with Gasteiger partial charge in [-0.3, -0.25) is 14.6 Å². The fourth-order valence-electron chi connectivity index (χ4n) is 3.99. The lowest BCUT2D eigenvalue weighted by Gasteiger charge is -2.20. The van der Waals surface area contributed by atoms with Gasteiger partial charge in [-0.1, -0.05) is 18.9 Å². The molecular weight excluding hydrogens is 428 g/mol. The van der Waals surface area contributed by atoms with E-state index in [2.05, 4.69) is 10.3 Å². The zero-order valence-corrected chi connectivity index (χ0v) is 18.8. The summed E-state index contributed by atoms with van der Waals surface area (Å²) in [4.78, 5) is 30.1. The number of carbonyl (C=O) groups excluding carboxylic acids is 1. The van der Waals surface area contributed by atoms with Crippen LogP contribution in [0, 0.1) is 0 Å². The second-order valence-electron chi connectivity index (χ2n) is 7.98. The van der Waals surface area contributed by atoms with Crippen molar-refractivity contribution in [3.8, 4) is 0 Å². The number of aryl methyl sites for hydroxylation is 1. The number of amides is 1. The third-order valence-electron chi connectivity index (χ3n) is 5.76. The van der Waals surface area contributed by atoms with Crippen LogP contribution in [0.4, 0.5) is 0 Å². The van der Waals surface area contributed by atoms with Crippen LogP contribution in [0.25, 0.3) is 10.9 Å². The van der Waals surface area contributed by atoms with Gasteiger partial charge in [-0.2, -0.15) is 4.31 Å². The van der Waals surface area contributed by atoms with Crippen molar-refractivity contribution >= 4 is 26.8 Å². The van der Waals surface area contributed by atoms with Gasteiger partial charge >= 0.3 is 0 Å². The molecule has 4 rings (SSSR count). The van der Waals surface area contributed by atoms with E-state index >= 15 is 0 Å². The summed E-state index contributed by atoms with van der Waals surface area (Å²) in [5.41, 5.74) is 0.695. The first-order chi connectivity index (χ1) is 15.4. The van der Waals surface area contributed by atoms with E-state index in [4.69, 9.17) is 0 Å². The van der Waals surface area contributed by atoms with Gasteiger partial charge in [0.2, 0.25) is 15.5 Å². The maximum atomic E-state index is 13.2. The zero-order valence-electron chi connectivity index (χ0n) is 18.0. The lowest BCUT2D eigenvalue weighted by Crippen LogP contribution is -2.32. The Bertz CT molecular complexity index is 1290. The predicted molar refractivity (Wildman–Crippen MR) is 122 cm³/mol. The van der Waals surface area contributed by atoms with Gasteiger partial charge in [-0.05, 0) is 43.2 Å². The topological polar surface area (TPSA) is 101 Å². The minimum atomic E-state index is -3.71. The molecule has 2 aromatic heterocycles. The summed E-state index contributed by atoms with van der Waals surface area (Å²) in [5, 5.41) is 2.91. The second kappa shape index (κ2) is 9.22. The van der Waals surface area contributed by atoms with Crippen molar-refractivity contribution in [1.29, 1.82) is 0 Å². The quantitative estimate of drug-likeness (QED) is 0.638. The van der Waals surface area contributed by atoms with Crippen LogP contribution < -0.4 is 10.7 Å². The highest BCUT2D eigenvalue weighted by atomic mass is 32.2. The minimum absolute atomic E-state index is 0.0414. The first kappa shape index (κ1) is 22.2. The number of fused-ring (bicyclic) bond motifs is 1. The molecule has 8 nitrogen and oxygen atoms in total. The standard InChI is InChI=1S/C23H26N4O4S/c1-26-16-20(23(29)25-15-17-8-4-5-11-24-17)22(28)19-14-18(9-10-21(19)26)32(30,31)27-12-6-2-3-7-13-27/h4-5,8-11,14,16H,2-3,6-7,12-13,15H2,1H3,(H,25,29). The molecule has 0 radical (unpaired) electrons. The maximum Gasteiger partial charge on any atom is 0.257 e. The van der Waals surface area contributed by atoms with Crippen LogP contribution in [-0.2, 0) is 23.6 Å². The fraction of sp³-hybridized carbons (Fsp3) is 0.348. The summed E-state index contributed by atoms with van der Waals surface area (Å²) < 4.78 is 29.5. The van der Waals surface area contributed by atoms with Crippen molar-refractivity contribution in [2.24, 2.45) is 7.05 Å². The molecule has 1 aromatic carbocycles. The van der Waals surface area contributed by atoms with Gasteiger partial charge in [-0.15, -0.1) is 0 Å². The zero-order chi connectivity index (χ0) is 22.7. The highest BCUT2D eigenvalue weighted by Crippen LogP contribution is 2.23. The van der Waals surface area contributed by atoms with Gasteiger partial charge < -0.3 is 9.88 Å². The molecule has 3 heterocycles. The fourth-order valence-corrected chi connectivity index (χ4v) is 5.54. The van der Waals surface area contributed by atoms with Gasteiger partial charge in [0.05, 0.1) is 22.7 Å².